The smallest absolute Gasteiger partial charge is 0.221 e. The highest BCUT2D eigenvalue weighted by Gasteiger charge is 2.24. The molecule has 0 saturated heterocycles. The second-order valence-corrected chi connectivity index (χ2v) is 13.6. The molecule has 0 atom stereocenters. The topological polar surface area (TPSA) is 77.1 Å². The summed E-state index contributed by atoms with van der Waals surface area (Å²) >= 11 is 0. The molecule has 54 heavy (non-hydrogen) atoms. The first-order chi connectivity index (χ1) is 26.7. The third-order valence-electron chi connectivity index (χ3n) is 10.5. The minimum atomic E-state index is 0.597. The quantitative estimate of drug-likeness (QED) is 0.177. The Balaban J connectivity index is 1.05. The van der Waals surface area contributed by atoms with Crippen molar-refractivity contribution < 1.29 is 13.6 Å². The largest absolute Gasteiger partial charge is 0.453 e. The molecule has 0 radical (unpaired) electrons. The molecule has 5 aromatic heterocycles. The highest BCUT2D eigenvalue weighted by Crippen LogP contribution is 2.45. The number of benzene rings is 6. The van der Waals surface area contributed by atoms with Crippen LogP contribution in [0.2, 0.25) is 0 Å². The molecule has 0 saturated carbocycles. The van der Waals surface area contributed by atoms with Crippen LogP contribution < -0.4 is 14.5 Å². The maximum atomic E-state index is 6.91. The Morgan fingerprint density at radius 2 is 1.33 bits per heavy atom. The van der Waals surface area contributed by atoms with Gasteiger partial charge in [0.05, 0.1) is 28.7 Å². The molecule has 1 aliphatic rings. The van der Waals surface area contributed by atoms with Crippen molar-refractivity contribution in [2.45, 2.75) is 0 Å². The van der Waals surface area contributed by atoms with Crippen LogP contribution in [0.15, 0.2) is 167 Å². The molecule has 0 N–H and O–H groups in total. The number of hydrogen-bond acceptors (Lipinski definition) is 7. The number of pyridine rings is 1. The molecule has 9 nitrogen and oxygen atoms in total. The number of furan rings is 2. The van der Waals surface area contributed by atoms with E-state index in [0.29, 0.717) is 29.3 Å². The molecule has 0 spiro atoms. The van der Waals surface area contributed by atoms with Crippen molar-refractivity contribution in [2.75, 3.05) is 16.5 Å². The normalized spacial score (nSPS) is 13.3. The van der Waals surface area contributed by atoms with Gasteiger partial charge in [0.2, 0.25) is 5.78 Å². The van der Waals surface area contributed by atoms with Gasteiger partial charge in [-0.15, -0.1) is 0 Å². The Labute approximate surface area is 306 Å². The summed E-state index contributed by atoms with van der Waals surface area (Å²) in [4.78, 5) is 14.2. The molecule has 1 aliphatic heterocycles. The summed E-state index contributed by atoms with van der Waals surface area (Å²) in [5.74, 6) is 2.80. The molecule has 12 rings (SSSR count). The number of hydrogen-bond donors (Lipinski definition) is 0. The van der Waals surface area contributed by atoms with Gasteiger partial charge in [-0.2, -0.15) is 0 Å². The number of fused-ring (bicyclic) bond motifs is 12. The van der Waals surface area contributed by atoms with E-state index in [1.54, 1.807) is 6.20 Å². The van der Waals surface area contributed by atoms with Gasteiger partial charge < -0.3 is 23.4 Å². The fourth-order valence-electron chi connectivity index (χ4n) is 7.97. The fraction of sp³-hybridized carbons (Fsp3) is 0.0222. The van der Waals surface area contributed by atoms with E-state index in [4.69, 9.17) is 23.5 Å². The molecule has 256 valence electrons. The lowest BCUT2D eigenvalue weighted by molar-refractivity contribution is 0.477. The molecule has 9 heteroatoms. The summed E-state index contributed by atoms with van der Waals surface area (Å²) in [7, 11) is 0. The van der Waals surface area contributed by atoms with Crippen LogP contribution in [-0.4, -0.2) is 25.6 Å². The number of rotatable bonds is 5. The highest BCUT2D eigenvalue weighted by molar-refractivity contribution is 6.19. The zero-order valence-electron chi connectivity index (χ0n) is 28.6. The van der Waals surface area contributed by atoms with Crippen LogP contribution in [0.25, 0.3) is 77.5 Å². The number of aromatic nitrogens is 4. The summed E-state index contributed by atoms with van der Waals surface area (Å²) < 4.78 is 24.4. The first kappa shape index (κ1) is 29.1. The van der Waals surface area contributed by atoms with Gasteiger partial charge in [0.15, 0.2) is 22.5 Å². The van der Waals surface area contributed by atoms with E-state index < -0.39 is 0 Å². The number of ether oxygens (including phenoxy) is 1. The Morgan fingerprint density at radius 3 is 2.22 bits per heavy atom. The SMILES string of the molecule is C1=CN(c2cc(Oc3ccc4c(c3)n(-c3ccccn3)c3nc5ccccc5n43)c3oc4c(ccc5c6ccccc6oc54)c3c2)CN1c1ccccc1. The lowest BCUT2D eigenvalue weighted by Crippen LogP contribution is -2.24. The van der Waals surface area contributed by atoms with Crippen molar-refractivity contribution >= 4 is 83.1 Å². The monoisotopic (exact) mass is 700 g/mol. The van der Waals surface area contributed by atoms with Gasteiger partial charge >= 0.3 is 0 Å². The Morgan fingerprint density at radius 1 is 0.556 bits per heavy atom. The highest BCUT2D eigenvalue weighted by atomic mass is 16.5. The number of imidazole rings is 2. The number of nitrogens with zero attached hydrogens (tertiary/aromatic N) is 6. The Kier molecular flexibility index (Phi) is 5.92. The van der Waals surface area contributed by atoms with Crippen molar-refractivity contribution in [3.05, 3.63) is 158 Å². The molecular formula is C45H28N6O3. The number of para-hydroxylation sites is 4. The van der Waals surface area contributed by atoms with Crippen molar-refractivity contribution in [3.63, 3.8) is 0 Å². The second-order valence-electron chi connectivity index (χ2n) is 13.6. The molecule has 0 aliphatic carbocycles. The summed E-state index contributed by atoms with van der Waals surface area (Å²) in [6.45, 7) is 0.649. The zero-order chi connectivity index (χ0) is 35.3. The second kappa shape index (κ2) is 11.0. The standard InChI is InChI=1S/C45H28N6O3/c1-2-10-28(11-3-1)48-22-23-49(27-48)29-24-34-33-19-18-32-31-12-4-7-15-39(31)53-43(32)44(33)54-42(34)40(25-29)52-30-17-20-37-38(26-30)51(41-16-8-9-21-46-41)45-47-35-13-5-6-14-36(35)50(37)45/h1-26H,27H2. The molecule has 6 heterocycles. The van der Waals surface area contributed by atoms with Crippen LogP contribution in [0.1, 0.15) is 0 Å². The Bertz CT molecular complexity index is 3300. The maximum Gasteiger partial charge on any atom is 0.221 e. The fourth-order valence-corrected chi connectivity index (χ4v) is 7.97. The van der Waals surface area contributed by atoms with E-state index in [1.165, 1.54) is 0 Å². The molecule has 6 aromatic carbocycles. The summed E-state index contributed by atoms with van der Waals surface area (Å²) in [5, 5.41) is 3.96. The predicted molar refractivity (Wildman–Crippen MR) is 214 cm³/mol. The van der Waals surface area contributed by atoms with Gasteiger partial charge in [-0.1, -0.05) is 54.6 Å². The van der Waals surface area contributed by atoms with Gasteiger partial charge in [-0.3, -0.25) is 8.97 Å². The molecule has 0 unspecified atom stereocenters. The average molecular weight is 701 g/mol. The molecular weight excluding hydrogens is 673 g/mol. The van der Waals surface area contributed by atoms with Crippen molar-refractivity contribution in [1.29, 1.82) is 0 Å². The number of anilines is 2. The van der Waals surface area contributed by atoms with Crippen molar-refractivity contribution in [2.24, 2.45) is 0 Å². The lowest BCUT2D eigenvalue weighted by Gasteiger charge is -2.22. The lowest BCUT2D eigenvalue weighted by atomic mass is 10.1. The summed E-state index contributed by atoms with van der Waals surface area (Å²) in [6, 6.07) is 47.2. The van der Waals surface area contributed by atoms with E-state index in [-0.39, 0.29) is 0 Å². The predicted octanol–water partition coefficient (Wildman–Crippen LogP) is 11.2. The molecule has 0 bridgehead atoms. The Hall–Kier alpha value is -7.52. The summed E-state index contributed by atoms with van der Waals surface area (Å²) in [5.41, 5.74) is 8.84. The van der Waals surface area contributed by atoms with Crippen LogP contribution in [0.4, 0.5) is 11.4 Å². The van der Waals surface area contributed by atoms with Gasteiger partial charge in [0, 0.05) is 63.6 Å². The average Bonchev–Trinajstić information content (AvgIpc) is 4.05. The van der Waals surface area contributed by atoms with Crippen molar-refractivity contribution in [3.8, 4) is 17.3 Å². The van der Waals surface area contributed by atoms with E-state index in [1.807, 2.05) is 66.7 Å². The van der Waals surface area contributed by atoms with Crippen LogP contribution in [0.5, 0.6) is 11.5 Å². The first-order valence-corrected chi connectivity index (χ1v) is 17.8. The third kappa shape index (κ3) is 4.20. The third-order valence-corrected chi connectivity index (χ3v) is 10.5. The van der Waals surface area contributed by atoms with Crippen molar-refractivity contribution in [1.82, 2.24) is 18.9 Å². The van der Waals surface area contributed by atoms with Gasteiger partial charge in [0.1, 0.15) is 17.2 Å². The van der Waals surface area contributed by atoms with E-state index in [2.05, 4.69) is 104 Å². The summed E-state index contributed by atoms with van der Waals surface area (Å²) in [6.07, 6.45) is 6.00. The zero-order valence-corrected chi connectivity index (χ0v) is 28.6. The van der Waals surface area contributed by atoms with Crippen LogP contribution in [0, 0.1) is 0 Å². The molecule has 0 amide bonds. The van der Waals surface area contributed by atoms with E-state index in [9.17, 15) is 0 Å². The van der Waals surface area contributed by atoms with Gasteiger partial charge in [-0.05, 0) is 72.8 Å². The van der Waals surface area contributed by atoms with Gasteiger partial charge in [-0.25, -0.2) is 9.97 Å². The minimum Gasteiger partial charge on any atom is -0.453 e. The molecule has 0 fully saturated rings. The van der Waals surface area contributed by atoms with Crippen LogP contribution >= 0.6 is 0 Å². The molecule has 11 aromatic rings. The van der Waals surface area contributed by atoms with Crippen LogP contribution in [0.3, 0.4) is 0 Å². The van der Waals surface area contributed by atoms with Crippen LogP contribution in [-0.2, 0) is 0 Å². The minimum absolute atomic E-state index is 0.597. The van der Waals surface area contributed by atoms with E-state index in [0.717, 1.165) is 77.7 Å². The van der Waals surface area contributed by atoms with E-state index >= 15 is 0 Å². The first-order valence-electron chi connectivity index (χ1n) is 17.8. The maximum absolute atomic E-state index is 6.91. The van der Waals surface area contributed by atoms with Gasteiger partial charge in [0.25, 0.3) is 0 Å².